The van der Waals surface area contributed by atoms with Gasteiger partial charge >= 0.3 is 0 Å². The molecule has 294 valence electrons. The lowest BCUT2D eigenvalue weighted by Gasteiger charge is -2.32. The van der Waals surface area contributed by atoms with Crippen molar-refractivity contribution < 1.29 is 4.42 Å². The number of benzene rings is 9. The van der Waals surface area contributed by atoms with Crippen molar-refractivity contribution in [2.24, 2.45) is 0 Å². The van der Waals surface area contributed by atoms with Gasteiger partial charge in [0.1, 0.15) is 17.2 Å². The van der Waals surface area contributed by atoms with E-state index in [0.717, 1.165) is 89.7 Å². The molecule has 0 aliphatic heterocycles. The first-order valence-corrected chi connectivity index (χ1v) is 20.7. The Kier molecular flexibility index (Phi) is 9.41. The Hall–Kier alpha value is -8.48. The molecular formula is C56H39N5O. The van der Waals surface area contributed by atoms with Crippen LogP contribution >= 0.6 is 0 Å². The van der Waals surface area contributed by atoms with E-state index in [-0.39, 0.29) is 0 Å². The highest BCUT2D eigenvalue weighted by Crippen LogP contribution is 2.45. The monoisotopic (exact) mass is 797 g/mol. The zero-order valence-corrected chi connectivity index (χ0v) is 33.7. The molecule has 6 heteroatoms. The van der Waals surface area contributed by atoms with E-state index in [4.69, 9.17) is 14.4 Å². The highest BCUT2D eigenvalue weighted by atomic mass is 16.3. The van der Waals surface area contributed by atoms with E-state index < -0.39 is 0 Å². The third kappa shape index (κ3) is 6.85. The molecule has 0 N–H and O–H groups in total. The average molecular weight is 798 g/mol. The third-order valence-electron chi connectivity index (χ3n) is 11.2. The summed E-state index contributed by atoms with van der Waals surface area (Å²) in [4.78, 5) is 17.3. The van der Waals surface area contributed by atoms with Crippen molar-refractivity contribution in [3.8, 4) is 11.5 Å². The second kappa shape index (κ2) is 15.9. The van der Waals surface area contributed by atoms with Crippen molar-refractivity contribution in [2.75, 3.05) is 14.7 Å². The number of hydrogen-bond acceptors (Lipinski definition) is 6. The summed E-state index contributed by atoms with van der Waals surface area (Å²) in [5.41, 5.74) is 9.51. The molecule has 0 bridgehead atoms. The molecule has 0 aliphatic carbocycles. The molecule has 0 amide bonds. The molecule has 2 heterocycles. The summed E-state index contributed by atoms with van der Waals surface area (Å²) in [6, 6.07) is 82.0. The Bertz CT molecular complexity index is 3110. The predicted molar refractivity (Wildman–Crippen MR) is 256 cm³/mol. The van der Waals surface area contributed by atoms with Crippen molar-refractivity contribution in [3.05, 3.63) is 237 Å². The molecule has 11 rings (SSSR count). The van der Waals surface area contributed by atoms with Crippen LogP contribution in [0.5, 0.6) is 0 Å². The number of para-hydroxylation sites is 5. The van der Waals surface area contributed by atoms with Gasteiger partial charge in [-0.3, -0.25) is 9.80 Å². The molecule has 0 atom stereocenters. The second-order valence-electron chi connectivity index (χ2n) is 15.1. The summed E-state index contributed by atoms with van der Waals surface area (Å²) in [5, 5.41) is 4.29. The van der Waals surface area contributed by atoms with Gasteiger partial charge in [-0.1, -0.05) is 133 Å². The maximum absolute atomic E-state index is 6.57. The number of fused-ring (bicyclic) bond motifs is 5. The van der Waals surface area contributed by atoms with Crippen LogP contribution in [0.2, 0.25) is 0 Å². The van der Waals surface area contributed by atoms with Crippen molar-refractivity contribution in [1.29, 1.82) is 0 Å². The third-order valence-corrected chi connectivity index (χ3v) is 11.2. The van der Waals surface area contributed by atoms with Crippen molar-refractivity contribution in [2.45, 2.75) is 0 Å². The first-order valence-electron chi connectivity index (χ1n) is 20.7. The maximum atomic E-state index is 6.57. The lowest BCUT2D eigenvalue weighted by atomic mass is 10.0. The first kappa shape index (κ1) is 36.6. The van der Waals surface area contributed by atoms with Gasteiger partial charge in [-0.25, -0.2) is 9.97 Å². The molecule has 0 aliphatic rings. The smallest absolute Gasteiger partial charge is 0.227 e. The number of oxazole rings is 1. The molecule has 6 nitrogen and oxygen atoms in total. The summed E-state index contributed by atoms with van der Waals surface area (Å²) in [5.74, 6) is 2.13. The molecule has 0 unspecified atom stereocenters. The molecule has 11 aromatic rings. The molecule has 62 heavy (non-hydrogen) atoms. The average Bonchev–Trinajstić information content (AvgIpc) is 3.79. The fourth-order valence-electron chi connectivity index (χ4n) is 8.37. The van der Waals surface area contributed by atoms with Gasteiger partial charge < -0.3 is 9.32 Å². The topological polar surface area (TPSA) is 48.6 Å². The van der Waals surface area contributed by atoms with E-state index in [9.17, 15) is 0 Å². The minimum Gasteiger partial charge on any atom is -0.435 e. The Balaban J connectivity index is 1.15. The Labute approximate surface area is 359 Å². The maximum Gasteiger partial charge on any atom is 0.227 e. The normalized spacial score (nSPS) is 11.2. The lowest BCUT2D eigenvalue weighted by molar-refractivity contribution is 0.623. The van der Waals surface area contributed by atoms with Gasteiger partial charge in [0.2, 0.25) is 5.89 Å². The van der Waals surface area contributed by atoms with Crippen LogP contribution in [0.15, 0.2) is 241 Å². The molecule has 0 saturated carbocycles. The molecule has 0 radical (unpaired) electrons. The fraction of sp³-hybridized carbons (Fsp3) is 0. The van der Waals surface area contributed by atoms with Gasteiger partial charge in [-0.05, 0) is 107 Å². The van der Waals surface area contributed by atoms with Gasteiger partial charge in [-0.2, -0.15) is 0 Å². The van der Waals surface area contributed by atoms with E-state index in [0.29, 0.717) is 5.89 Å². The van der Waals surface area contributed by atoms with Gasteiger partial charge in [0.05, 0.1) is 5.69 Å². The minimum absolute atomic E-state index is 0.610. The number of aromatic nitrogens is 2. The summed E-state index contributed by atoms with van der Waals surface area (Å²) in [7, 11) is 0. The summed E-state index contributed by atoms with van der Waals surface area (Å²) in [6.45, 7) is 0. The Morgan fingerprint density at radius 2 is 0.758 bits per heavy atom. The van der Waals surface area contributed by atoms with Crippen molar-refractivity contribution in [3.63, 3.8) is 0 Å². The minimum atomic E-state index is 0.610. The first-order chi connectivity index (χ1) is 30.7. The summed E-state index contributed by atoms with van der Waals surface area (Å²) < 4.78 is 6.57. The summed E-state index contributed by atoms with van der Waals surface area (Å²) >= 11 is 0. The van der Waals surface area contributed by atoms with E-state index in [1.807, 2.05) is 48.5 Å². The molecular weight excluding hydrogens is 759 g/mol. The molecule has 9 aromatic carbocycles. The van der Waals surface area contributed by atoms with Crippen LogP contribution in [0, 0.1) is 0 Å². The van der Waals surface area contributed by atoms with E-state index in [2.05, 4.69) is 203 Å². The van der Waals surface area contributed by atoms with E-state index >= 15 is 0 Å². The number of nitrogens with zero attached hydrogens (tertiary/aromatic N) is 5. The quantitative estimate of drug-likeness (QED) is 0.128. The van der Waals surface area contributed by atoms with E-state index in [1.165, 1.54) is 0 Å². The predicted octanol–water partition coefficient (Wildman–Crippen LogP) is 15.6. The van der Waals surface area contributed by atoms with Crippen LogP contribution in [0.1, 0.15) is 0 Å². The second-order valence-corrected chi connectivity index (χ2v) is 15.1. The molecule has 0 spiro atoms. The summed E-state index contributed by atoms with van der Waals surface area (Å²) in [6.07, 6.45) is 0. The molecule has 2 aromatic heterocycles. The highest BCUT2D eigenvalue weighted by molar-refractivity contribution is 6.18. The van der Waals surface area contributed by atoms with Crippen LogP contribution < -0.4 is 14.7 Å². The number of anilines is 9. The standard InChI is InChI=1S/C56H39N5O/c1-7-19-41(20-8-1)56-57-51-36-33-40-31-32-42-37-48(34-35-50(42)54(40)55(51)62-56)61(47-29-17-6-18-30-47)53-39-49(59(43-21-9-2-10-22-43)44-23-11-3-12-24-44)38-52(58-53)60(45-25-13-4-14-26-45)46-27-15-5-16-28-46/h1-39H. The van der Waals surface area contributed by atoms with Gasteiger partial charge in [0, 0.05) is 57.2 Å². The zero-order valence-electron chi connectivity index (χ0n) is 33.7. The molecule has 0 saturated heterocycles. The number of hydrogen-bond donors (Lipinski definition) is 0. The number of pyridine rings is 1. The van der Waals surface area contributed by atoms with Crippen LogP contribution in [-0.4, -0.2) is 9.97 Å². The van der Waals surface area contributed by atoms with Crippen molar-refractivity contribution >= 4 is 84.1 Å². The fourth-order valence-corrected chi connectivity index (χ4v) is 8.37. The SMILES string of the molecule is c1ccc(-c2nc3ccc4ccc5cc(N(c6ccccc6)c6cc(N(c7ccccc7)c7ccccc7)cc(N(c7ccccc7)c7ccccc7)n6)ccc5c4c3o2)cc1. The van der Waals surface area contributed by atoms with Gasteiger partial charge in [-0.15, -0.1) is 0 Å². The number of rotatable bonds is 10. The van der Waals surface area contributed by atoms with Crippen LogP contribution in [-0.2, 0) is 0 Å². The van der Waals surface area contributed by atoms with Crippen molar-refractivity contribution in [1.82, 2.24) is 9.97 Å². The Morgan fingerprint density at radius 1 is 0.323 bits per heavy atom. The zero-order chi connectivity index (χ0) is 41.2. The largest absolute Gasteiger partial charge is 0.435 e. The van der Waals surface area contributed by atoms with Crippen LogP contribution in [0.3, 0.4) is 0 Å². The highest BCUT2D eigenvalue weighted by Gasteiger charge is 2.24. The Morgan fingerprint density at radius 3 is 1.27 bits per heavy atom. The lowest BCUT2D eigenvalue weighted by Crippen LogP contribution is -2.18. The van der Waals surface area contributed by atoms with E-state index in [1.54, 1.807) is 0 Å². The van der Waals surface area contributed by atoms with Crippen LogP contribution in [0.25, 0.3) is 44.1 Å². The van der Waals surface area contributed by atoms with Gasteiger partial charge in [0.25, 0.3) is 0 Å². The van der Waals surface area contributed by atoms with Crippen LogP contribution in [0.4, 0.5) is 51.4 Å². The van der Waals surface area contributed by atoms with Gasteiger partial charge in [0.15, 0.2) is 5.58 Å². The molecule has 0 fully saturated rings.